The van der Waals surface area contributed by atoms with Crippen LogP contribution in [0.25, 0.3) is 11.0 Å². The van der Waals surface area contributed by atoms with Gasteiger partial charge < -0.3 is 9.26 Å². The molecule has 1 aliphatic rings. The highest BCUT2D eigenvalue weighted by atomic mass is 16.5. The number of aliphatic imine (C=N–C) groups is 1. The molecule has 1 aromatic heterocycles. The van der Waals surface area contributed by atoms with Gasteiger partial charge in [0.25, 0.3) is 0 Å². The van der Waals surface area contributed by atoms with Crippen molar-refractivity contribution in [3.63, 3.8) is 0 Å². The normalized spacial score (nSPS) is 14.2. The lowest BCUT2D eigenvalue weighted by Gasteiger charge is -2.10. The Morgan fingerprint density at radius 2 is 2.31 bits per heavy atom. The average Bonchev–Trinajstić information content (AvgIpc) is 2.65. The van der Waals surface area contributed by atoms with Gasteiger partial charge in [0.05, 0.1) is 11.8 Å². The molecule has 0 radical (unpaired) electrons. The summed E-state index contributed by atoms with van der Waals surface area (Å²) in [5.74, 6) is 0.805. The maximum Gasteiger partial charge on any atom is 0.179 e. The highest BCUT2D eigenvalue weighted by molar-refractivity contribution is 5.99. The standard InChI is InChI=1S/C9H6N2O2/c1-2-8-7(4-10-5-12-8)9-6(1)3-11-13-9/h1-4H,5H2. The molecule has 0 unspecified atom stereocenters. The first-order valence-electron chi connectivity index (χ1n) is 3.95. The lowest BCUT2D eigenvalue weighted by Crippen LogP contribution is -2.03. The van der Waals surface area contributed by atoms with E-state index in [1.807, 2.05) is 12.1 Å². The Morgan fingerprint density at radius 1 is 1.31 bits per heavy atom. The molecule has 3 rings (SSSR count). The Morgan fingerprint density at radius 3 is 3.31 bits per heavy atom. The molecule has 0 aliphatic carbocycles. The number of rotatable bonds is 0. The van der Waals surface area contributed by atoms with E-state index >= 15 is 0 Å². The zero-order chi connectivity index (χ0) is 8.67. The lowest BCUT2D eigenvalue weighted by atomic mass is 10.1. The van der Waals surface area contributed by atoms with Crippen molar-refractivity contribution in [1.29, 1.82) is 0 Å². The van der Waals surface area contributed by atoms with Gasteiger partial charge in [-0.1, -0.05) is 5.16 Å². The van der Waals surface area contributed by atoms with Crippen LogP contribution in [0.4, 0.5) is 0 Å². The van der Waals surface area contributed by atoms with Crippen LogP contribution in [0, 0.1) is 0 Å². The van der Waals surface area contributed by atoms with Crippen LogP contribution in [0.3, 0.4) is 0 Å². The minimum absolute atomic E-state index is 0.382. The van der Waals surface area contributed by atoms with Gasteiger partial charge in [0.2, 0.25) is 0 Å². The van der Waals surface area contributed by atoms with E-state index in [9.17, 15) is 0 Å². The minimum Gasteiger partial charge on any atom is -0.471 e. The molecular formula is C9H6N2O2. The summed E-state index contributed by atoms with van der Waals surface area (Å²) in [5.41, 5.74) is 1.61. The molecule has 0 fully saturated rings. The summed E-state index contributed by atoms with van der Waals surface area (Å²) >= 11 is 0. The van der Waals surface area contributed by atoms with Crippen LogP contribution < -0.4 is 4.74 Å². The van der Waals surface area contributed by atoms with Crippen molar-refractivity contribution in [2.24, 2.45) is 4.99 Å². The van der Waals surface area contributed by atoms with Crippen molar-refractivity contribution in [2.45, 2.75) is 0 Å². The maximum absolute atomic E-state index is 5.32. The van der Waals surface area contributed by atoms with E-state index in [2.05, 4.69) is 10.1 Å². The van der Waals surface area contributed by atoms with E-state index in [0.29, 0.717) is 6.73 Å². The van der Waals surface area contributed by atoms with Crippen molar-refractivity contribution >= 4 is 17.2 Å². The van der Waals surface area contributed by atoms with Gasteiger partial charge in [-0.2, -0.15) is 0 Å². The Bertz CT molecular complexity index is 487. The third-order valence-corrected chi connectivity index (χ3v) is 2.04. The zero-order valence-corrected chi connectivity index (χ0v) is 6.73. The van der Waals surface area contributed by atoms with E-state index in [0.717, 1.165) is 22.3 Å². The fourth-order valence-electron chi connectivity index (χ4n) is 1.42. The lowest BCUT2D eigenvalue weighted by molar-refractivity contribution is 0.325. The fourth-order valence-corrected chi connectivity index (χ4v) is 1.42. The zero-order valence-electron chi connectivity index (χ0n) is 6.73. The summed E-state index contributed by atoms with van der Waals surface area (Å²) in [5, 5.41) is 4.69. The van der Waals surface area contributed by atoms with Crippen molar-refractivity contribution in [1.82, 2.24) is 5.16 Å². The molecular weight excluding hydrogens is 168 g/mol. The predicted molar refractivity (Wildman–Crippen MR) is 47.1 cm³/mol. The van der Waals surface area contributed by atoms with Crippen LogP contribution in [0.1, 0.15) is 5.56 Å². The topological polar surface area (TPSA) is 47.6 Å². The Labute approximate surface area is 73.8 Å². The van der Waals surface area contributed by atoms with Crippen LogP contribution >= 0.6 is 0 Å². The Hall–Kier alpha value is -1.84. The molecule has 64 valence electrons. The van der Waals surface area contributed by atoms with Gasteiger partial charge >= 0.3 is 0 Å². The second-order valence-corrected chi connectivity index (χ2v) is 2.81. The smallest absolute Gasteiger partial charge is 0.179 e. The molecule has 0 saturated heterocycles. The quantitative estimate of drug-likeness (QED) is 0.609. The molecule has 4 nitrogen and oxygen atoms in total. The highest BCUT2D eigenvalue weighted by Gasteiger charge is 2.12. The number of aromatic nitrogens is 1. The van der Waals surface area contributed by atoms with Crippen molar-refractivity contribution in [3.05, 3.63) is 23.9 Å². The summed E-state index contributed by atoms with van der Waals surface area (Å²) in [6.45, 7) is 0.382. The summed E-state index contributed by atoms with van der Waals surface area (Å²) < 4.78 is 10.4. The summed E-state index contributed by atoms with van der Waals surface area (Å²) in [4.78, 5) is 4.01. The summed E-state index contributed by atoms with van der Waals surface area (Å²) in [6.07, 6.45) is 3.43. The number of nitrogens with zero attached hydrogens (tertiary/aromatic N) is 2. The van der Waals surface area contributed by atoms with Gasteiger partial charge in [0, 0.05) is 11.6 Å². The molecule has 1 aromatic carbocycles. The SMILES string of the molecule is C1=NCOc2ccc3cnoc3c21. The first kappa shape index (κ1) is 6.65. The van der Waals surface area contributed by atoms with E-state index in [-0.39, 0.29) is 0 Å². The average molecular weight is 174 g/mol. The van der Waals surface area contributed by atoms with Crippen molar-refractivity contribution in [3.8, 4) is 5.75 Å². The molecule has 2 heterocycles. The van der Waals surface area contributed by atoms with E-state index < -0.39 is 0 Å². The predicted octanol–water partition coefficient (Wildman–Crippen LogP) is 1.60. The molecule has 0 amide bonds. The second kappa shape index (κ2) is 2.32. The van der Waals surface area contributed by atoms with Crippen LogP contribution in [0.15, 0.2) is 27.8 Å². The fraction of sp³-hybridized carbons (Fsp3) is 0.111. The van der Waals surface area contributed by atoms with E-state index in [1.54, 1.807) is 12.4 Å². The van der Waals surface area contributed by atoms with Crippen molar-refractivity contribution < 1.29 is 9.26 Å². The molecule has 1 aliphatic heterocycles. The third kappa shape index (κ3) is 0.853. The summed E-state index contributed by atoms with van der Waals surface area (Å²) in [7, 11) is 0. The largest absolute Gasteiger partial charge is 0.471 e. The Kier molecular flexibility index (Phi) is 1.19. The molecule has 0 bridgehead atoms. The van der Waals surface area contributed by atoms with Crippen LogP contribution in [-0.4, -0.2) is 18.1 Å². The second-order valence-electron chi connectivity index (χ2n) is 2.81. The third-order valence-electron chi connectivity index (χ3n) is 2.04. The van der Waals surface area contributed by atoms with E-state index in [4.69, 9.17) is 9.26 Å². The molecule has 0 saturated carbocycles. The number of ether oxygens (including phenoxy) is 1. The Balaban J connectivity index is 2.43. The molecule has 13 heavy (non-hydrogen) atoms. The number of hydrogen-bond donors (Lipinski definition) is 0. The first-order valence-corrected chi connectivity index (χ1v) is 3.95. The molecule has 0 N–H and O–H groups in total. The number of hydrogen-bond acceptors (Lipinski definition) is 4. The summed E-state index contributed by atoms with van der Waals surface area (Å²) in [6, 6.07) is 3.82. The van der Waals surface area contributed by atoms with Gasteiger partial charge in [-0.15, -0.1) is 0 Å². The van der Waals surface area contributed by atoms with Gasteiger partial charge in [-0.25, -0.2) is 0 Å². The van der Waals surface area contributed by atoms with Crippen molar-refractivity contribution in [2.75, 3.05) is 6.73 Å². The van der Waals surface area contributed by atoms with Crippen LogP contribution in [0.5, 0.6) is 5.75 Å². The molecule has 4 heteroatoms. The highest BCUT2D eigenvalue weighted by Crippen LogP contribution is 2.27. The molecule has 0 spiro atoms. The number of fused-ring (bicyclic) bond motifs is 3. The van der Waals surface area contributed by atoms with Gasteiger partial charge in [-0.3, -0.25) is 4.99 Å². The minimum atomic E-state index is 0.382. The molecule has 0 atom stereocenters. The van der Waals surface area contributed by atoms with Gasteiger partial charge in [0.15, 0.2) is 12.3 Å². The monoisotopic (exact) mass is 174 g/mol. The molecule has 2 aromatic rings. The number of benzene rings is 1. The maximum atomic E-state index is 5.32. The van der Waals surface area contributed by atoms with E-state index in [1.165, 1.54) is 0 Å². The van der Waals surface area contributed by atoms with Crippen LogP contribution in [-0.2, 0) is 0 Å². The van der Waals surface area contributed by atoms with Crippen LogP contribution in [0.2, 0.25) is 0 Å². The van der Waals surface area contributed by atoms with Gasteiger partial charge in [0.1, 0.15) is 5.75 Å². The first-order chi connectivity index (χ1) is 6.45. The van der Waals surface area contributed by atoms with Gasteiger partial charge in [-0.05, 0) is 12.1 Å².